The van der Waals surface area contributed by atoms with E-state index in [0.29, 0.717) is 12.2 Å². The van der Waals surface area contributed by atoms with E-state index in [-0.39, 0.29) is 31.5 Å². The minimum atomic E-state index is -0.452. The van der Waals surface area contributed by atoms with Crippen molar-refractivity contribution >= 4 is 5.91 Å². The SMILES string of the molecule is Cn1cnnc1COCC(=O)NC(CO)Cc1ccc(F)cc1. The Labute approximate surface area is 133 Å². The minimum absolute atomic E-state index is 0.146. The molecule has 1 unspecified atom stereocenters. The number of nitrogens with zero attached hydrogens (tertiary/aromatic N) is 3. The number of aryl methyl sites for hydroxylation is 1. The lowest BCUT2D eigenvalue weighted by Gasteiger charge is -2.16. The zero-order valence-corrected chi connectivity index (χ0v) is 12.8. The van der Waals surface area contributed by atoms with Gasteiger partial charge in [0, 0.05) is 7.05 Å². The van der Waals surface area contributed by atoms with Gasteiger partial charge in [0.25, 0.3) is 0 Å². The van der Waals surface area contributed by atoms with Gasteiger partial charge in [-0.1, -0.05) is 12.1 Å². The van der Waals surface area contributed by atoms with Crippen LogP contribution in [-0.4, -0.2) is 45.0 Å². The molecule has 1 aromatic heterocycles. The number of halogens is 1. The number of carbonyl (C=O) groups is 1. The van der Waals surface area contributed by atoms with Crippen molar-refractivity contribution in [2.75, 3.05) is 13.2 Å². The van der Waals surface area contributed by atoms with Crippen LogP contribution in [0, 0.1) is 5.82 Å². The van der Waals surface area contributed by atoms with Crippen LogP contribution in [0.1, 0.15) is 11.4 Å². The van der Waals surface area contributed by atoms with E-state index >= 15 is 0 Å². The van der Waals surface area contributed by atoms with Gasteiger partial charge < -0.3 is 19.7 Å². The van der Waals surface area contributed by atoms with Crippen LogP contribution in [0.3, 0.4) is 0 Å². The van der Waals surface area contributed by atoms with E-state index in [9.17, 15) is 14.3 Å². The Bertz CT molecular complexity index is 630. The second kappa shape index (κ2) is 8.35. The summed E-state index contributed by atoms with van der Waals surface area (Å²) in [4.78, 5) is 11.8. The highest BCUT2D eigenvalue weighted by Crippen LogP contribution is 2.06. The zero-order chi connectivity index (χ0) is 16.7. The number of aliphatic hydroxyl groups excluding tert-OH is 1. The van der Waals surface area contributed by atoms with Gasteiger partial charge in [0.05, 0.1) is 12.6 Å². The molecule has 0 saturated heterocycles. The van der Waals surface area contributed by atoms with E-state index in [1.54, 1.807) is 30.1 Å². The maximum atomic E-state index is 12.9. The smallest absolute Gasteiger partial charge is 0.246 e. The lowest BCUT2D eigenvalue weighted by molar-refractivity contribution is -0.127. The molecule has 2 rings (SSSR count). The van der Waals surface area contributed by atoms with Crippen LogP contribution in [0.15, 0.2) is 30.6 Å². The molecule has 1 atom stereocenters. The van der Waals surface area contributed by atoms with E-state index in [4.69, 9.17) is 4.74 Å². The number of amides is 1. The summed E-state index contributed by atoms with van der Waals surface area (Å²) in [5, 5.41) is 19.6. The molecule has 0 aliphatic rings. The van der Waals surface area contributed by atoms with Crippen molar-refractivity contribution in [2.45, 2.75) is 19.1 Å². The van der Waals surface area contributed by atoms with Gasteiger partial charge >= 0.3 is 0 Å². The van der Waals surface area contributed by atoms with E-state index < -0.39 is 6.04 Å². The Morgan fingerprint density at radius 1 is 1.43 bits per heavy atom. The van der Waals surface area contributed by atoms with Crippen LogP contribution in [-0.2, 0) is 29.6 Å². The molecular weight excluding hydrogens is 303 g/mol. The summed E-state index contributed by atoms with van der Waals surface area (Å²) in [7, 11) is 1.78. The van der Waals surface area contributed by atoms with E-state index in [1.807, 2.05) is 0 Å². The van der Waals surface area contributed by atoms with Gasteiger partial charge in [0.1, 0.15) is 25.4 Å². The predicted octanol–water partition coefficient (Wildman–Crippen LogP) is 0.191. The first-order valence-corrected chi connectivity index (χ1v) is 7.13. The maximum Gasteiger partial charge on any atom is 0.246 e. The monoisotopic (exact) mass is 322 g/mol. The fourth-order valence-corrected chi connectivity index (χ4v) is 2.01. The number of benzene rings is 1. The van der Waals surface area contributed by atoms with Crippen LogP contribution in [0.4, 0.5) is 4.39 Å². The number of rotatable bonds is 8. The molecule has 0 bridgehead atoms. The number of aromatic nitrogens is 3. The van der Waals surface area contributed by atoms with Crippen LogP contribution in [0.2, 0.25) is 0 Å². The quantitative estimate of drug-likeness (QED) is 0.724. The largest absolute Gasteiger partial charge is 0.394 e. The van der Waals surface area contributed by atoms with Crippen molar-refractivity contribution in [1.29, 1.82) is 0 Å². The third-order valence-corrected chi connectivity index (χ3v) is 3.25. The third kappa shape index (κ3) is 5.42. The molecule has 0 fully saturated rings. The summed E-state index contributed by atoms with van der Waals surface area (Å²) in [5.74, 6) is -0.0494. The molecule has 0 spiro atoms. The van der Waals surface area contributed by atoms with Crippen molar-refractivity contribution in [3.63, 3.8) is 0 Å². The van der Waals surface area contributed by atoms with E-state index in [1.165, 1.54) is 12.1 Å². The number of carbonyl (C=O) groups excluding carboxylic acids is 1. The molecule has 2 N–H and O–H groups in total. The molecule has 8 heteroatoms. The van der Waals surface area contributed by atoms with Gasteiger partial charge in [-0.25, -0.2) is 4.39 Å². The topological polar surface area (TPSA) is 89.3 Å². The zero-order valence-electron chi connectivity index (χ0n) is 12.8. The molecule has 0 saturated carbocycles. The lowest BCUT2D eigenvalue weighted by Crippen LogP contribution is -2.41. The predicted molar refractivity (Wildman–Crippen MR) is 79.8 cm³/mol. The van der Waals surface area contributed by atoms with Crippen molar-refractivity contribution in [3.05, 3.63) is 47.8 Å². The Balaban J connectivity index is 1.75. The van der Waals surface area contributed by atoms with Crippen molar-refractivity contribution < 1.29 is 19.0 Å². The number of ether oxygens (including phenoxy) is 1. The Kier molecular flexibility index (Phi) is 6.19. The number of hydrogen-bond donors (Lipinski definition) is 2. The summed E-state index contributed by atoms with van der Waals surface area (Å²) < 4.78 is 19.8. The van der Waals surface area contributed by atoms with Crippen molar-refractivity contribution in [2.24, 2.45) is 7.05 Å². The summed E-state index contributed by atoms with van der Waals surface area (Å²) >= 11 is 0. The van der Waals surface area contributed by atoms with Crippen LogP contribution >= 0.6 is 0 Å². The first kappa shape index (κ1) is 17.0. The van der Waals surface area contributed by atoms with Gasteiger partial charge in [-0.2, -0.15) is 0 Å². The van der Waals surface area contributed by atoms with Crippen molar-refractivity contribution in [1.82, 2.24) is 20.1 Å². The Morgan fingerprint density at radius 2 is 2.17 bits per heavy atom. The number of hydrogen-bond acceptors (Lipinski definition) is 5. The fourth-order valence-electron chi connectivity index (χ4n) is 2.01. The normalized spacial score (nSPS) is 12.1. The highest BCUT2D eigenvalue weighted by Gasteiger charge is 2.13. The van der Waals surface area contributed by atoms with Gasteiger partial charge in [0.2, 0.25) is 5.91 Å². The summed E-state index contributed by atoms with van der Waals surface area (Å²) in [6, 6.07) is 5.47. The Hall–Kier alpha value is -2.32. The molecule has 2 aromatic rings. The molecule has 1 amide bonds. The molecule has 0 aliphatic heterocycles. The van der Waals surface area contributed by atoms with Gasteiger partial charge in [-0.3, -0.25) is 4.79 Å². The van der Waals surface area contributed by atoms with Crippen LogP contribution in [0.5, 0.6) is 0 Å². The second-order valence-electron chi connectivity index (χ2n) is 5.13. The minimum Gasteiger partial charge on any atom is -0.394 e. The first-order valence-electron chi connectivity index (χ1n) is 7.13. The Morgan fingerprint density at radius 3 is 2.78 bits per heavy atom. The second-order valence-corrected chi connectivity index (χ2v) is 5.13. The van der Waals surface area contributed by atoms with E-state index in [2.05, 4.69) is 15.5 Å². The third-order valence-electron chi connectivity index (χ3n) is 3.25. The molecule has 7 nitrogen and oxygen atoms in total. The summed E-state index contributed by atoms with van der Waals surface area (Å²) in [6.45, 7) is -0.190. The molecule has 23 heavy (non-hydrogen) atoms. The molecule has 1 heterocycles. The molecule has 1 aromatic carbocycles. The highest BCUT2D eigenvalue weighted by atomic mass is 19.1. The molecular formula is C15H19FN4O3. The first-order chi connectivity index (χ1) is 11.1. The molecule has 0 aliphatic carbocycles. The van der Waals surface area contributed by atoms with Crippen LogP contribution < -0.4 is 5.32 Å². The maximum absolute atomic E-state index is 12.9. The number of aliphatic hydroxyl groups is 1. The van der Waals surface area contributed by atoms with Gasteiger partial charge in [0.15, 0.2) is 5.82 Å². The van der Waals surface area contributed by atoms with Crippen LogP contribution in [0.25, 0.3) is 0 Å². The summed E-state index contributed by atoms with van der Waals surface area (Å²) in [5.41, 5.74) is 0.825. The standard InChI is InChI=1S/C15H19FN4O3/c1-20-10-17-19-14(20)8-23-9-15(22)18-13(7-21)6-11-2-4-12(16)5-3-11/h2-5,10,13,21H,6-9H2,1H3,(H,18,22). The lowest BCUT2D eigenvalue weighted by atomic mass is 10.1. The average Bonchev–Trinajstić information content (AvgIpc) is 2.94. The molecule has 124 valence electrons. The summed E-state index contributed by atoms with van der Waals surface area (Å²) in [6.07, 6.45) is 1.95. The highest BCUT2D eigenvalue weighted by molar-refractivity contribution is 5.77. The van der Waals surface area contributed by atoms with Gasteiger partial charge in [-0.15, -0.1) is 10.2 Å². The van der Waals surface area contributed by atoms with Crippen molar-refractivity contribution in [3.8, 4) is 0 Å². The average molecular weight is 322 g/mol. The van der Waals surface area contributed by atoms with Gasteiger partial charge in [-0.05, 0) is 24.1 Å². The fraction of sp³-hybridized carbons (Fsp3) is 0.400. The van der Waals surface area contributed by atoms with E-state index in [0.717, 1.165) is 5.56 Å². The molecule has 0 radical (unpaired) electrons. The number of nitrogens with one attached hydrogen (secondary N) is 1.